The molecule has 1 saturated heterocycles. The molecule has 1 aromatic heterocycles. The van der Waals surface area contributed by atoms with E-state index >= 15 is 0 Å². The second kappa shape index (κ2) is 12.8. The van der Waals surface area contributed by atoms with Gasteiger partial charge >= 0.3 is 0 Å². The molecule has 0 unspecified atom stereocenters. The van der Waals surface area contributed by atoms with Crippen molar-refractivity contribution >= 4 is 41.3 Å². The first kappa shape index (κ1) is 22.6. The summed E-state index contributed by atoms with van der Waals surface area (Å²) in [6.07, 6.45) is 6.33. The molecular weight excluding hydrogens is 449 g/mol. The van der Waals surface area contributed by atoms with Crippen LogP contribution in [0.3, 0.4) is 0 Å². The van der Waals surface area contributed by atoms with Crippen LogP contribution in [0.5, 0.6) is 0 Å². The Morgan fingerprint density at radius 1 is 1.44 bits per heavy atom. The summed E-state index contributed by atoms with van der Waals surface area (Å²) in [5.41, 5.74) is 0. The van der Waals surface area contributed by atoms with Crippen LogP contribution in [0.1, 0.15) is 29.1 Å². The maximum atomic E-state index is 5.13. The minimum absolute atomic E-state index is 0. The molecule has 1 aromatic rings. The molecule has 0 bridgehead atoms. The third-order valence-corrected chi connectivity index (χ3v) is 5.25. The second-order valence-electron chi connectivity index (χ2n) is 6.22. The minimum atomic E-state index is 0. The van der Waals surface area contributed by atoms with Crippen LogP contribution < -0.4 is 10.6 Å². The number of aryl methyl sites for hydroxylation is 1. The van der Waals surface area contributed by atoms with E-state index < -0.39 is 0 Å². The van der Waals surface area contributed by atoms with E-state index in [1.807, 2.05) is 13.2 Å². The van der Waals surface area contributed by atoms with Gasteiger partial charge < -0.3 is 20.3 Å². The monoisotopic (exact) mass is 481 g/mol. The van der Waals surface area contributed by atoms with E-state index in [1.165, 1.54) is 22.7 Å². The highest BCUT2D eigenvalue weighted by molar-refractivity contribution is 14.0. The Labute approximate surface area is 172 Å². The van der Waals surface area contributed by atoms with E-state index in [-0.39, 0.29) is 24.0 Å². The number of hydrogen-bond donors (Lipinski definition) is 2. The topological polar surface area (TPSA) is 61.8 Å². The fourth-order valence-corrected chi connectivity index (χ4v) is 3.71. The average molecular weight is 481 g/mol. The summed E-state index contributed by atoms with van der Waals surface area (Å²) in [5, 5.41) is 8.14. The Kier molecular flexibility index (Phi) is 11.6. The van der Waals surface area contributed by atoms with Crippen LogP contribution in [0.25, 0.3) is 0 Å². The van der Waals surface area contributed by atoms with E-state index in [2.05, 4.69) is 32.4 Å². The molecule has 144 valence electrons. The number of likely N-dealkylation sites (tertiary alicyclic amines) is 1. The van der Waals surface area contributed by atoms with Crippen molar-refractivity contribution in [3.05, 3.63) is 16.1 Å². The predicted octanol–water partition coefficient (Wildman–Crippen LogP) is 2.28. The maximum Gasteiger partial charge on any atom is 0.191 e. The largest absolute Gasteiger partial charge is 0.385 e. The Morgan fingerprint density at radius 2 is 2.20 bits per heavy atom. The number of piperidine rings is 1. The van der Waals surface area contributed by atoms with Crippen LogP contribution in [-0.2, 0) is 11.2 Å². The highest BCUT2D eigenvalue weighted by atomic mass is 127. The van der Waals surface area contributed by atoms with E-state index in [4.69, 9.17) is 4.74 Å². The number of guanidine groups is 1. The van der Waals surface area contributed by atoms with Gasteiger partial charge in [0.2, 0.25) is 0 Å². The van der Waals surface area contributed by atoms with Crippen LogP contribution >= 0.6 is 35.3 Å². The number of nitrogens with zero attached hydrogens (tertiary/aromatic N) is 3. The van der Waals surface area contributed by atoms with Gasteiger partial charge in [0.15, 0.2) is 5.96 Å². The van der Waals surface area contributed by atoms with Gasteiger partial charge in [-0.3, -0.25) is 4.99 Å². The molecule has 0 saturated carbocycles. The Hall–Kier alpha value is -0.450. The molecule has 2 rings (SSSR count). The van der Waals surface area contributed by atoms with Crippen molar-refractivity contribution in [2.45, 2.75) is 38.6 Å². The minimum Gasteiger partial charge on any atom is -0.385 e. The van der Waals surface area contributed by atoms with Crippen molar-refractivity contribution in [1.82, 2.24) is 20.5 Å². The Balaban J connectivity index is 0.00000312. The number of aliphatic imine (C=N–C) groups is 1. The van der Waals surface area contributed by atoms with E-state index in [0.717, 1.165) is 51.6 Å². The van der Waals surface area contributed by atoms with Gasteiger partial charge in [-0.15, -0.1) is 35.3 Å². The van der Waals surface area contributed by atoms with Gasteiger partial charge in [-0.2, -0.15) is 0 Å². The number of aromatic nitrogens is 1. The molecular formula is C17H32IN5OS. The summed E-state index contributed by atoms with van der Waals surface area (Å²) in [4.78, 5) is 12.5. The molecule has 0 radical (unpaired) electrons. The van der Waals surface area contributed by atoms with Crippen molar-refractivity contribution in [3.63, 3.8) is 0 Å². The summed E-state index contributed by atoms with van der Waals surface area (Å²) in [7, 11) is 3.60. The molecule has 0 amide bonds. The molecule has 25 heavy (non-hydrogen) atoms. The highest BCUT2D eigenvalue weighted by Gasteiger charge is 2.19. The Morgan fingerprint density at radius 3 is 2.80 bits per heavy atom. The zero-order valence-corrected chi connectivity index (χ0v) is 18.7. The van der Waals surface area contributed by atoms with E-state index in [1.54, 1.807) is 18.4 Å². The number of methoxy groups -OCH3 is 1. The molecule has 0 atom stereocenters. The SMILES string of the molecule is CN=C(NCCc1ncc(C)s1)NC1CCN(CCCOC)CC1.I. The zero-order chi connectivity index (χ0) is 17.2. The number of hydrogen-bond acceptors (Lipinski definition) is 5. The van der Waals surface area contributed by atoms with Gasteiger partial charge in [-0.1, -0.05) is 0 Å². The number of rotatable bonds is 8. The van der Waals surface area contributed by atoms with Crippen molar-refractivity contribution in [3.8, 4) is 0 Å². The van der Waals surface area contributed by atoms with Crippen molar-refractivity contribution in [1.29, 1.82) is 0 Å². The quantitative estimate of drug-likeness (QED) is 0.258. The summed E-state index contributed by atoms with van der Waals surface area (Å²) in [6.45, 7) is 7.25. The molecule has 8 heteroatoms. The molecule has 1 aliphatic heterocycles. The number of thiazole rings is 1. The standard InChI is InChI=1S/C17H31N5OS.HI/c1-14-13-20-16(24-14)5-8-19-17(18-2)21-15-6-10-22(11-7-15)9-4-12-23-3;/h13,15H,4-12H2,1-3H3,(H2,18,19,21);1H. The summed E-state index contributed by atoms with van der Waals surface area (Å²) >= 11 is 1.77. The number of halogens is 1. The van der Waals surface area contributed by atoms with Gasteiger partial charge in [0, 0.05) is 70.5 Å². The van der Waals surface area contributed by atoms with Gasteiger partial charge in [-0.05, 0) is 26.2 Å². The first-order chi connectivity index (χ1) is 11.7. The number of ether oxygens (including phenoxy) is 1. The van der Waals surface area contributed by atoms with Crippen LogP contribution in [0.4, 0.5) is 0 Å². The summed E-state index contributed by atoms with van der Waals surface area (Å²) < 4.78 is 5.13. The molecule has 0 aromatic carbocycles. The second-order valence-corrected chi connectivity index (χ2v) is 7.54. The first-order valence-electron chi connectivity index (χ1n) is 8.81. The van der Waals surface area contributed by atoms with E-state index in [0.29, 0.717) is 6.04 Å². The molecule has 0 spiro atoms. The fraction of sp³-hybridized carbons (Fsp3) is 0.765. The third-order valence-electron chi connectivity index (χ3n) is 4.28. The smallest absolute Gasteiger partial charge is 0.191 e. The lowest BCUT2D eigenvalue weighted by molar-refractivity contribution is 0.155. The summed E-state index contributed by atoms with van der Waals surface area (Å²) in [6, 6.07) is 0.511. The maximum absolute atomic E-state index is 5.13. The van der Waals surface area contributed by atoms with Crippen molar-refractivity contribution in [2.75, 3.05) is 46.9 Å². The zero-order valence-electron chi connectivity index (χ0n) is 15.6. The average Bonchev–Trinajstić information content (AvgIpc) is 3.01. The van der Waals surface area contributed by atoms with Crippen LogP contribution in [-0.4, -0.2) is 68.8 Å². The van der Waals surface area contributed by atoms with Gasteiger partial charge in [0.1, 0.15) is 0 Å². The molecule has 0 aliphatic carbocycles. The lowest BCUT2D eigenvalue weighted by Crippen LogP contribution is -2.49. The number of nitrogens with one attached hydrogen (secondary N) is 2. The fourth-order valence-electron chi connectivity index (χ4n) is 2.93. The van der Waals surface area contributed by atoms with Gasteiger partial charge in [0.05, 0.1) is 5.01 Å². The lowest BCUT2D eigenvalue weighted by atomic mass is 10.1. The van der Waals surface area contributed by atoms with Gasteiger partial charge in [-0.25, -0.2) is 4.98 Å². The molecule has 2 N–H and O–H groups in total. The van der Waals surface area contributed by atoms with Crippen LogP contribution in [0.15, 0.2) is 11.2 Å². The molecule has 1 fully saturated rings. The van der Waals surface area contributed by atoms with Crippen LogP contribution in [0.2, 0.25) is 0 Å². The molecule has 1 aliphatic rings. The lowest BCUT2D eigenvalue weighted by Gasteiger charge is -2.33. The third kappa shape index (κ3) is 8.65. The molecule has 6 nitrogen and oxygen atoms in total. The predicted molar refractivity (Wildman–Crippen MR) is 116 cm³/mol. The highest BCUT2D eigenvalue weighted by Crippen LogP contribution is 2.12. The van der Waals surface area contributed by atoms with Crippen molar-refractivity contribution < 1.29 is 4.74 Å². The van der Waals surface area contributed by atoms with E-state index in [9.17, 15) is 0 Å². The Bertz CT molecular complexity index is 503. The summed E-state index contributed by atoms with van der Waals surface area (Å²) in [5.74, 6) is 0.904. The molecule has 2 heterocycles. The first-order valence-corrected chi connectivity index (χ1v) is 9.62. The van der Waals surface area contributed by atoms with Gasteiger partial charge in [0.25, 0.3) is 0 Å². The van der Waals surface area contributed by atoms with Crippen molar-refractivity contribution in [2.24, 2.45) is 4.99 Å². The van der Waals surface area contributed by atoms with Crippen LogP contribution in [0, 0.1) is 6.92 Å². The normalized spacial score (nSPS) is 16.5.